The van der Waals surface area contributed by atoms with Gasteiger partial charge in [-0.05, 0) is 37.3 Å². The van der Waals surface area contributed by atoms with E-state index in [1.54, 1.807) is 4.90 Å². The topological polar surface area (TPSA) is 62.5 Å². The number of piperidine rings is 1. The van der Waals surface area contributed by atoms with Gasteiger partial charge in [0, 0.05) is 24.0 Å². The molecule has 0 spiro atoms. The number of hydrogen-bond donors (Lipinski definition) is 1. The molecule has 1 aliphatic heterocycles. The van der Waals surface area contributed by atoms with Gasteiger partial charge in [0.25, 0.3) is 5.91 Å². The van der Waals surface area contributed by atoms with E-state index in [9.17, 15) is 14.7 Å². The third-order valence-corrected chi connectivity index (χ3v) is 4.89. The number of fused-ring (bicyclic) bond motifs is 1. The van der Waals surface area contributed by atoms with Crippen LogP contribution in [0, 0.1) is 5.92 Å². The molecular formula is C19H24N2O3. The normalized spacial score (nSPS) is 21.2. The first kappa shape index (κ1) is 16.6. The summed E-state index contributed by atoms with van der Waals surface area (Å²) in [5.74, 6) is -0.747. The first-order valence-electron chi connectivity index (χ1n) is 8.65. The summed E-state index contributed by atoms with van der Waals surface area (Å²) in [5, 5.41) is 10.6. The Bertz CT molecular complexity index is 765. The molecule has 24 heavy (non-hydrogen) atoms. The summed E-state index contributed by atoms with van der Waals surface area (Å²) in [7, 11) is 0. The fourth-order valence-electron chi connectivity index (χ4n) is 3.62. The minimum Gasteiger partial charge on any atom is -0.480 e. The van der Waals surface area contributed by atoms with Crippen LogP contribution in [0.5, 0.6) is 0 Å². The monoisotopic (exact) mass is 328 g/mol. The molecule has 1 aliphatic rings. The standard InChI is InChI=1S/C19H24N2O3/c1-3-9-20-15-7-5-4-6-14(15)12-16(20)18(22)21-10-8-13(2)11-17(21)19(23)24/h4-7,12-13,17H,3,8-11H2,1-2H3,(H,23,24). The van der Waals surface area contributed by atoms with Crippen LogP contribution < -0.4 is 0 Å². The Kier molecular flexibility index (Phi) is 4.60. The lowest BCUT2D eigenvalue weighted by atomic mass is 9.92. The van der Waals surface area contributed by atoms with Gasteiger partial charge < -0.3 is 14.6 Å². The maximum Gasteiger partial charge on any atom is 0.326 e. The number of aromatic nitrogens is 1. The number of hydrogen-bond acceptors (Lipinski definition) is 2. The van der Waals surface area contributed by atoms with Crippen LogP contribution in [0.3, 0.4) is 0 Å². The van der Waals surface area contributed by atoms with E-state index >= 15 is 0 Å². The number of aryl methyl sites for hydroxylation is 1. The van der Waals surface area contributed by atoms with E-state index in [2.05, 4.69) is 6.92 Å². The van der Waals surface area contributed by atoms with Crippen LogP contribution >= 0.6 is 0 Å². The molecule has 1 saturated heterocycles. The van der Waals surface area contributed by atoms with Crippen LogP contribution in [0.1, 0.15) is 43.6 Å². The largest absolute Gasteiger partial charge is 0.480 e. The van der Waals surface area contributed by atoms with E-state index in [4.69, 9.17) is 0 Å². The summed E-state index contributed by atoms with van der Waals surface area (Å²) in [5.41, 5.74) is 1.62. The molecular weight excluding hydrogens is 304 g/mol. The van der Waals surface area contributed by atoms with Gasteiger partial charge in [-0.1, -0.05) is 32.0 Å². The van der Waals surface area contributed by atoms with Gasteiger partial charge in [0.05, 0.1) is 0 Å². The number of amides is 1. The minimum atomic E-state index is -0.909. The first-order chi connectivity index (χ1) is 11.5. The summed E-state index contributed by atoms with van der Waals surface area (Å²) < 4.78 is 2.02. The second kappa shape index (κ2) is 6.67. The maximum atomic E-state index is 13.1. The minimum absolute atomic E-state index is 0.168. The molecule has 1 amide bonds. The van der Waals surface area contributed by atoms with Crippen molar-refractivity contribution in [3.8, 4) is 0 Å². The number of rotatable bonds is 4. The van der Waals surface area contributed by atoms with Crippen LogP contribution in [0.2, 0.25) is 0 Å². The van der Waals surface area contributed by atoms with Gasteiger partial charge in [-0.3, -0.25) is 4.79 Å². The van der Waals surface area contributed by atoms with Crippen molar-refractivity contribution in [1.29, 1.82) is 0 Å². The highest BCUT2D eigenvalue weighted by atomic mass is 16.4. The summed E-state index contributed by atoms with van der Waals surface area (Å²) in [6, 6.07) is 9.08. The third-order valence-electron chi connectivity index (χ3n) is 4.89. The van der Waals surface area contributed by atoms with Crippen LogP contribution in [-0.4, -0.2) is 39.0 Å². The Morgan fingerprint density at radius 1 is 1.29 bits per heavy atom. The third kappa shape index (κ3) is 2.90. The van der Waals surface area contributed by atoms with Crippen LogP contribution in [0.4, 0.5) is 0 Å². The molecule has 1 fully saturated rings. The molecule has 2 aromatic rings. The van der Waals surface area contributed by atoms with Crippen molar-refractivity contribution in [3.63, 3.8) is 0 Å². The zero-order valence-electron chi connectivity index (χ0n) is 14.2. The van der Waals surface area contributed by atoms with Gasteiger partial charge in [0.1, 0.15) is 11.7 Å². The Balaban J connectivity index is 2.01. The summed E-state index contributed by atoms with van der Waals surface area (Å²) >= 11 is 0. The Morgan fingerprint density at radius 3 is 2.75 bits per heavy atom. The maximum absolute atomic E-state index is 13.1. The smallest absolute Gasteiger partial charge is 0.326 e. The molecule has 5 nitrogen and oxygen atoms in total. The molecule has 1 aromatic carbocycles. The molecule has 0 bridgehead atoms. The number of likely N-dealkylation sites (tertiary alicyclic amines) is 1. The van der Waals surface area contributed by atoms with Crippen LogP contribution in [0.25, 0.3) is 10.9 Å². The second-order valence-electron chi connectivity index (χ2n) is 6.72. The van der Waals surface area contributed by atoms with Crippen molar-refractivity contribution >= 4 is 22.8 Å². The van der Waals surface area contributed by atoms with Gasteiger partial charge in [-0.25, -0.2) is 4.79 Å². The van der Waals surface area contributed by atoms with Crippen molar-refractivity contribution in [3.05, 3.63) is 36.0 Å². The number of carboxylic acid groups (broad SMARTS) is 1. The number of benzene rings is 1. The van der Waals surface area contributed by atoms with Crippen molar-refractivity contribution in [1.82, 2.24) is 9.47 Å². The van der Waals surface area contributed by atoms with Crippen molar-refractivity contribution in [2.75, 3.05) is 6.54 Å². The second-order valence-corrected chi connectivity index (χ2v) is 6.72. The molecule has 0 saturated carbocycles. The Morgan fingerprint density at radius 2 is 2.04 bits per heavy atom. The predicted molar refractivity (Wildman–Crippen MR) is 93.1 cm³/mol. The van der Waals surface area contributed by atoms with Crippen molar-refractivity contribution < 1.29 is 14.7 Å². The number of para-hydroxylation sites is 1. The van der Waals surface area contributed by atoms with Gasteiger partial charge in [0.2, 0.25) is 0 Å². The summed E-state index contributed by atoms with van der Waals surface area (Å²) in [6.07, 6.45) is 2.29. The fraction of sp³-hybridized carbons (Fsp3) is 0.474. The highest BCUT2D eigenvalue weighted by Crippen LogP contribution is 2.27. The van der Waals surface area contributed by atoms with E-state index < -0.39 is 12.0 Å². The van der Waals surface area contributed by atoms with E-state index in [0.717, 1.165) is 30.3 Å². The molecule has 0 radical (unpaired) electrons. The Labute approximate surface area is 141 Å². The van der Waals surface area contributed by atoms with Gasteiger partial charge in [0.15, 0.2) is 0 Å². The van der Waals surface area contributed by atoms with Gasteiger partial charge in [-0.15, -0.1) is 0 Å². The van der Waals surface area contributed by atoms with Crippen molar-refractivity contribution in [2.45, 2.75) is 45.7 Å². The highest BCUT2D eigenvalue weighted by molar-refractivity contribution is 6.00. The molecule has 2 unspecified atom stereocenters. The fourth-order valence-corrected chi connectivity index (χ4v) is 3.62. The molecule has 5 heteroatoms. The van der Waals surface area contributed by atoms with Gasteiger partial charge in [-0.2, -0.15) is 0 Å². The Hall–Kier alpha value is -2.30. The van der Waals surface area contributed by atoms with E-state index in [1.807, 2.05) is 41.8 Å². The molecule has 3 rings (SSSR count). The number of aliphatic carboxylic acids is 1. The molecule has 1 N–H and O–H groups in total. The summed E-state index contributed by atoms with van der Waals surface area (Å²) in [6.45, 7) is 5.37. The lowest BCUT2D eigenvalue weighted by molar-refractivity contribution is -0.144. The van der Waals surface area contributed by atoms with Crippen LogP contribution in [-0.2, 0) is 11.3 Å². The SMILES string of the molecule is CCCn1c(C(=O)N2CCC(C)CC2C(=O)O)cc2ccccc21. The molecule has 2 atom stereocenters. The zero-order valence-corrected chi connectivity index (χ0v) is 14.2. The number of carboxylic acids is 1. The summed E-state index contributed by atoms with van der Waals surface area (Å²) in [4.78, 5) is 26.3. The number of carbonyl (C=O) groups is 2. The van der Waals surface area contributed by atoms with Crippen molar-refractivity contribution in [2.24, 2.45) is 5.92 Å². The lowest BCUT2D eigenvalue weighted by Crippen LogP contribution is -2.50. The van der Waals surface area contributed by atoms with Crippen LogP contribution in [0.15, 0.2) is 30.3 Å². The number of carbonyl (C=O) groups excluding carboxylic acids is 1. The predicted octanol–water partition coefficient (Wildman–Crippen LogP) is 3.38. The van der Waals surface area contributed by atoms with Gasteiger partial charge >= 0.3 is 5.97 Å². The number of nitrogens with zero attached hydrogens (tertiary/aromatic N) is 2. The quantitative estimate of drug-likeness (QED) is 0.936. The molecule has 1 aromatic heterocycles. The molecule has 0 aliphatic carbocycles. The average Bonchev–Trinajstić information content (AvgIpc) is 2.93. The molecule has 128 valence electrons. The van der Waals surface area contributed by atoms with E-state index in [-0.39, 0.29) is 5.91 Å². The zero-order chi connectivity index (χ0) is 17.3. The average molecular weight is 328 g/mol. The highest BCUT2D eigenvalue weighted by Gasteiger charge is 2.36. The van der Waals surface area contributed by atoms with E-state index in [1.165, 1.54) is 0 Å². The van der Waals surface area contributed by atoms with E-state index in [0.29, 0.717) is 24.6 Å². The first-order valence-corrected chi connectivity index (χ1v) is 8.65. The molecule has 2 heterocycles. The lowest BCUT2D eigenvalue weighted by Gasteiger charge is -2.36.